The first kappa shape index (κ1) is 11.3. The van der Waals surface area contributed by atoms with Crippen LogP contribution in [0.2, 0.25) is 0 Å². The molecule has 3 nitrogen and oxygen atoms in total. The van der Waals surface area contributed by atoms with E-state index in [1.807, 2.05) is 11.4 Å². The Balaban J connectivity index is 1.94. The van der Waals surface area contributed by atoms with Crippen LogP contribution in [0.15, 0.2) is 15.9 Å². The summed E-state index contributed by atoms with van der Waals surface area (Å²) < 4.78 is 6.14. The highest BCUT2D eigenvalue weighted by atomic mass is 79.9. The van der Waals surface area contributed by atoms with Gasteiger partial charge in [0, 0.05) is 17.6 Å². The Morgan fingerprint density at radius 1 is 1.53 bits per heavy atom. The summed E-state index contributed by atoms with van der Waals surface area (Å²) in [5.74, 6) is 0.193. The van der Waals surface area contributed by atoms with Crippen molar-refractivity contribution in [1.82, 2.24) is 4.90 Å². The summed E-state index contributed by atoms with van der Waals surface area (Å²) in [7, 11) is 0. The first-order chi connectivity index (χ1) is 7.27. The molecule has 1 saturated heterocycles. The summed E-state index contributed by atoms with van der Waals surface area (Å²) in [6.45, 7) is 3.68. The predicted molar refractivity (Wildman–Crippen MR) is 63.6 cm³/mol. The fourth-order valence-corrected chi connectivity index (χ4v) is 3.05. The summed E-state index contributed by atoms with van der Waals surface area (Å²) in [6.07, 6.45) is 0. The number of hydrogen-bond acceptors (Lipinski definition) is 4. The molecule has 0 atom stereocenters. The van der Waals surface area contributed by atoms with E-state index in [1.165, 1.54) is 11.3 Å². The average molecular weight is 290 g/mol. The first-order valence-electron chi connectivity index (χ1n) is 4.83. The highest BCUT2D eigenvalue weighted by molar-refractivity contribution is 9.10. The number of hydrogen-bond donors (Lipinski definition) is 0. The third-order valence-corrected chi connectivity index (χ3v) is 4.22. The van der Waals surface area contributed by atoms with E-state index in [0.29, 0.717) is 6.54 Å². The smallest absolute Gasteiger partial charge is 0.187 e. The number of Topliss-reactive ketones (excluding diaryl/α,β-unsaturated/α-hetero) is 1. The van der Waals surface area contributed by atoms with Gasteiger partial charge in [-0.1, -0.05) is 0 Å². The Kier molecular flexibility index (Phi) is 3.91. The van der Waals surface area contributed by atoms with Crippen LogP contribution in [0.4, 0.5) is 0 Å². The lowest BCUT2D eigenvalue weighted by molar-refractivity contribution is 0.0372. The van der Waals surface area contributed by atoms with Gasteiger partial charge in [0.2, 0.25) is 0 Å². The van der Waals surface area contributed by atoms with E-state index >= 15 is 0 Å². The highest BCUT2D eigenvalue weighted by Gasteiger charge is 2.17. The largest absolute Gasteiger partial charge is 0.379 e. The third kappa shape index (κ3) is 2.87. The van der Waals surface area contributed by atoms with Gasteiger partial charge in [0.1, 0.15) is 0 Å². The van der Waals surface area contributed by atoms with Gasteiger partial charge in [-0.3, -0.25) is 9.69 Å². The first-order valence-corrected chi connectivity index (χ1v) is 6.51. The predicted octanol–water partition coefficient (Wildman–Crippen LogP) is 2.03. The van der Waals surface area contributed by atoms with Crippen LogP contribution in [0, 0.1) is 0 Å². The van der Waals surface area contributed by atoms with Crippen molar-refractivity contribution in [2.24, 2.45) is 0 Å². The lowest BCUT2D eigenvalue weighted by Crippen LogP contribution is -2.39. The molecule has 0 saturated carbocycles. The van der Waals surface area contributed by atoms with Gasteiger partial charge < -0.3 is 4.74 Å². The maximum absolute atomic E-state index is 11.9. The van der Waals surface area contributed by atoms with Crippen molar-refractivity contribution >= 4 is 33.0 Å². The maximum atomic E-state index is 11.9. The molecule has 0 radical (unpaired) electrons. The number of morpholine rings is 1. The monoisotopic (exact) mass is 289 g/mol. The van der Waals surface area contributed by atoms with Gasteiger partial charge in [0.05, 0.1) is 24.6 Å². The number of thiophene rings is 1. The molecule has 1 aliphatic heterocycles. The highest BCUT2D eigenvalue weighted by Crippen LogP contribution is 2.23. The average Bonchev–Trinajstić information content (AvgIpc) is 2.66. The zero-order chi connectivity index (χ0) is 10.7. The van der Waals surface area contributed by atoms with Crippen LogP contribution in [-0.4, -0.2) is 43.5 Å². The zero-order valence-corrected chi connectivity index (χ0v) is 10.6. The lowest BCUT2D eigenvalue weighted by atomic mass is 10.3. The summed E-state index contributed by atoms with van der Waals surface area (Å²) in [5.41, 5.74) is 0. The molecule has 2 rings (SSSR count). The van der Waals surface area contributed by atoms with Crippen molar-refractivity contribution in [2.75, 3.05) is 32.8 Å². The Morgan fingerprint density at radius 3 is 2.87 bits per heavy atom. The van der Waals surface area contributed by atoms with Crippen LogP contribution >= 0.6 is 27.3 Å². The van der Waals surface area contributed by atoms with E-state index in [0.717, 1.165) is 35.7 Å². The standard InChI is InChI=1S/C10H12BrNO2S/c11-8-1-6-15-10(8)9(13)7-12-2-4-14-5-3-12/h1,6H,2-5,7H2. The summed E-state index contributed by atoms with van der Waals surface area (Å²) in [5, 5.41) is 1.93. The normalized spacial score (nSPS) is 17.9. The van der Waals surface area contributed by atoms with E-state index in [-0.39, 0.29) is 5.78 Å². The van der Waals surface area contributed by atoms with Crippen LogP contribution in [0.1, 0.15) is 9.67 Å². The van der Waals surface area contributed by atoms with Crippen molar-refractivity contribution in [2.45, 2.75) is 0 Å². The SMILES string of the molecule is O=C(CN1CCOCC1)c1sccc1Br. The summed E-state index contributed by atoms with van der Waals surface area (Å²) in [6, 6.07) is 1.91. The number of halogens is 1. The number of rotatable bonds is 3. The molecule has 1 aromatic heterocycles. The van der Waals surface area contributed by atoms with Crippen LogP contribution < -0.4 is 0 Å². The second-order valence-electron chi connectivity index (χ2n) is 3.41. The van der Waals surface area contributed by atoms with Crippen molar-refractivity contribution in [1.29, 1.82) is 0 Å². The second-order valence-corrected chi connectivity index (χ2v) is 5.18. The maximum Gasteiger partial charge on any atom is 0.187 e. The summed E-state index contributed by atoms with van der Waals surface area (Å²) >= 11 is 4.87. The second kappa shape index (κ2) is 5.21. The Bertz CT molecular complexity index is 347. The van der Waals surface area contributed by atoms with E-state index in [2.05, 4.69) is 20.8 Å². The van der Waals surface area contributed by atoms with E-state index in [4.69, 9.17) is 4.74 Å². The Hall–Kier alpha value is -0.230. The molecule has 1 fully saturated rings. The molecular formula is C10H12BrNO2S. The van der Waals surface area contributed by atoms with Crippen molar-refractivity contribution in [3.8, 4) is 0 Å². The third-order valence-electron chi connectivity index (χ3n) is 2.34. The fourth-order valence-electron chi connectivity index (χ4n) is 1.53. The molecule has 0 N–H and O–H groups in total. The molecule has 0 bridgehead atoms. The van der Waals surface area contributed by atoms with Gasteiger partial charge >= 0.3 is 0 Å². The summed E-state index contributed by atoms with van der Waals surface area (Å²) in [4.78, 5) is 14.9. The van der Waals surface area contributed by atoms with Gasteiger partial charge in [0.15, 0.2) is 5.78 Å². The van der Waals surface area contributed by atoms with Crippen LogP contribution in [0.5, 0.6) is 0 Å². The molecule has 0 aliphatic carbocycles. The molecule has 2 heterocycles. The van der Waals surface area contributed by atoms with Gasteiger partial charge in [-0.2, -0.15) is 0 Å². The van der Waals surface area contributed by atoms with E-state index < -0.39 is 0 Å². The quantitative estimate of drug-likeness (QED) is 0.798. The van der Waals surface area contributed by atoms with Crippen molar-refractivity contribution in [3.63, 3.8) is 0 Å². The van der Waals surface area contributed by atoms with E-state index in [9.17, 15) is 4.79 Å². The van der Waals surface area contributed by atoms with Gasteiger partial charge in [-0.25, -0.2) is 0 Å². The number of carbonyl (C=O) groups is 1. The number of carbonyl (C=O) groups excluding carboxylic acids is 1. The minimum absolute atomic E-state index is 0.193. The van der Waals surface area contributed by atoms with Crippen LogP contribution in [0.3, 0.4) is 0 Å². The molecule has 5 heteroatoms. The molecule has 0 spiro atoms. The lowest BCUT2D eigenvalue weighted by Gasteiger charge is -2.25. The Morgan fingerprint density at radius 2 is 2.27 bits per heavy atom. The number of nitrogens with zero attached hydrogens (tertiary/aromatic N) is 1. The molecule has 82 valence electrons. The molecule has 1 aliphatic rings. The molecule has 0 amide bonds. The van der Waals surface area contributed by atoms with Gasteiger partial charge in [0.25, 0.3) is 0 Å². The zero-order valence-electron chi connectivity index (χ0n) is 8.24. The number of ketones is 1. The van der Waals surface area contributed by atoms with E-state index in [1.54, 1.807) is 0 Å². The Labute approximate surface area is 101 Å². The van der Waals surface area contributed by atoms with Crippen LogP contribution in [-0.2, 0) is 4.74 Å². The van der Waals surface area contributed by atoms with Gasteiger partial charge in [-0.05, 0) is 27.4 Å². The molecule has 1 aromatic rings. The van der Waals surface area contributed by atoms with Crippen molar-refractivity contribution in [3.05, 3.63) is 20.8 Å². The number of ether oxygens (including phenoxy) is 1. The molecular weight excluding hydrogens is 278 g/mol. The molecule has 0 unspecified atom stereocenters. The van der Waals surface area contributed by atoms with Crippen LogP contribution in [0.25, 0.3) is 0 Å². The molecule has 0 aromatic carbocycles. The minimum atomic E-state index is 0.193. The minimum Gasteiger partial charge on any atom is -0.379 e. The molecule has 15 heavy (non-hydrogen) atoms. The van der Waals surface area contributed by atoms with Crippen molar-refractivity contribution < 1.29 is 9.53 Å². The van der Waals surface area contributed by atoms with Gasteiger partial charge in [-0.15, -0.1) is 11.3 Å². The fraction of sp³-hybridized carbons (Fsp3) is 0.500. The topological polar surface area (TPSA) is 29.5 Å².